The number of hydrogen-bond acceptors (Lipinski definition) is 5. The van der Waals surface area contributed by atoms with Crippen molar-refractivity contribution in [2.45, 2.75) is 25.3 Å². The summed E-state index contributed by atoms with van der Waals surface area (Å²) in [5, 5.41) is 3.13. The van der Waals surface area contributed by atoms with E-state index in [9.17, 15) is 4.79 Å². The van der Waals surface area contributed by atoms with Crippen molar-refractivity contribution in [2.24, 2.45) is 5.73 Å². The number of nitrogens with one attached hydrogen (secondary N) is 1. The Balaban J connectivity index is 1.51. The van der Waals surface area contributed by atoms with Gasteiger partial charge >= 0.3 is 0 Å². The Morgan fingerprint density at radius 1 is 1.30 bits per heavy atom. The lowest BCUT2D eigenvalue weighted by atomic mass is 10.2. The predicted octanol–water partition coefficient (Wildman–Crippen LogP) is 1.71. The van der Waals surface area contributed by atoms with Crippen molar-refractivity contribution >= 4 is 17.4 Å². The lowest BCUT2D eigenvalue weighted by molar-refractivity contribution is 0.0995. The monoisotopic (exact) mass is 308 g/mol. The Kier molecular flexibility index (Phi) is 3.18. The van der Waals surface area contributed by atoms with Crippen LogP contribution >= 0.6 is 0 Å². The summed E-state index contributed by atoms with van der Waals surface area (Å²) in [5.74, 6) is 0.692. The lowest BCUT2D eigenvalue weighted by Gasteiger charge is -2.03. The number of carbonyl (C=O) groups is 1. The van der Waals surface area contributed by atoms with Crippen LogP contribution in [0.15, 0.2) is 36.9 Å². The smallest absolute Gasteiger partial charge is 0.267 e. The first kappa shape index (κ1) is 13.7. The molecule has 0 aliphatic heterocycles. The highest BCUT2D eigenvalue weighted by atomic mass is 16.1. The number of fused-ring (bicyclic) bond motifs is 1. The fourth-order valence-corrected chi connectivity index (χ4v) is 2.57. The molecule has 1 saturated carbocycles. The number of aromatic nitrogens is 4. The Hall–Kier alpha value is -2.96. The zero-order chi connectivity index (χ0) is 15.8. The van der Waals surface area contributed by atoms with Crippen molar-refractivity contribution in [3.63, 3.8) is 0 Å². The topological polar surface area (TPSA) is 98.2 Å². The van der Waals surface area contributed by atoms with Crippen molar-refractivity contribution in [1.29, 1.82) is 0 Å². The molecule has 0 atom stereocenters. The number of anilines is 1. The van der Waals surface area contributed by atoms with Gasteiger partial charge in [-0.3, -0.25) is 4.79 Å². The van der Waals surface area contributed by atoms with E-state index in [1.54, 1.807) is 0 Å². The molecule has 4 rings (SSSR count). The van der Waals surface area contributed by atoms with Crippen molar-refractivity contribution in [3.05, 3.63) is 53.9 Å². The number of primary amides is 1. The molecule has 0 aromatic carbocycles. The van der Waals surface area contributed by atoms with E-state index in [1.807, 2.05) is 12.3 Å². The van der Waals surface area contributed by atoms with E-state index in [1.165, 1.54) is 30.8 Å². The van der Waals surface area contributed by atoms with Crippen molar-refractivity contribution in [2.75, 3.05) is 5.32 Å². The van der Waals surface area contributed by atoms with E-state index in [0.717, 1.165) is 17.3 Å². The van der Waals surface area contributed by atoms with Crippen molar-refractivity contribution < 1.29 is 4.79 Å². The summed E-state index contributed by atoms with van der Waals surface area (Å²) in [6.07, 6.45) is 8.03. The second kappa shape index (κ2) is 5.35. The van der Waals surface area contributed by atoms with Crippen LogP contribution in [-0.4, -0.2) is 25.3 Å². The molecule has 3 heterocycles. The first-order chi connectivity index (χ1) is 11.2. The molecule has 3 aromatic rings. The van der Waals surface area contributed by atoms with Gasteiger partial charge in [0, 0.05) is 18.5 Å². The molecule has 116 valence electrons. The van der Waals surface area contributed by atoms with E-state index < -0.39 is 5.91 Å². The Morgan fingerprint density at radius 2 is 2.17 bits per heavy atom. The first-order valence-corrected chi connectivity index (χ1v) is 7.52. The Morgan fingerprint density at radius 3 is 2.96 bits per heavy atom. The second-order valence-electron chi connectivity index (χ2n) is 5.74. The number of nitrogens with two attached hydrogens (primary N) is 1. The van der Waals surface area contributed by atoms with Crippen LogP contribution in [0.3, 0.4) is 0 Å². The number of pyridine rings is 1. The van der Waals surface area contributed by atoms with Crippen LogP contribution in [0.5, 0.6) is 0 Å². The van der Waals surface area contributed by atoms with Gasteiger partial charge < -0.3 is 15.5 Å². The molecule has 3 aromatic heterocycles. The Bertz CT molecular complexity index is 883. The molecular weight excluding hydrogens is 292 g/mol. The van der Waals surface area contributed by atoms with E-state index in [0.29, 0.717) is 12.4 Å². The standard InChI is InChI=1S/C16H16N6O/c17-16(23)13-5-14(20-9-19-13)18-6-12-8-22-7-11(10-1-2-10)3-4-15(22)21-12/h3-5,7-10H,1-2,6H2,(H2,17,23)(H,18,19,20). The molecular formula is C16H16N6O. The maximum atomic E-state index is 11.1. The summed E-state index contributed by atoms with van der Waals surface area (Å²) >= 11 is 0. The van der Waals surface area contributed by atoms with Gasteiger partial charge in [0.1, 0.15) is 23.5 Å². The third kappa shape index (κ3) is 2.85. The molecule has 1 fully saturated rings. The van der Waals surface area contributed by atoms with Crippen LogP contribution < -0.4 is 11.1 Å². The second-order valence-corrected chi connectivity index (χ2v) is 5.74. The van der Waals surface area contributed by atoms with E-state index in [4.69, 9.17) is 5.73 Å². The number of hydrogen-bond donors (Lipinski definition) is 2. The summed E-state index contributed by atoms with van der Waals surface area (Å²) < 4.78 is 2.06. The number of carbonyl (C=O) groups excluding carboxylic acids is 1. The predicted molar refractivity (Wildman–Crippen MR) is 85.0 cm³/mol. The lowest BCUT2D eigenvalue weighted by Crippen LogP contribution is -2.14. The molecule has 1 amide bonds. The van der Waals surface area contributed by atoms with Gasteiger partial charge in [0.25, 0.3) is 5.91 Å². The summed E-state index contributed by atoms with van der Waals surface area (Å²) in [5.41, 5.74) is 8.59. The van der Waals surface area contributed by atoms with Gasteiger partial charge in [-0.05, 0) is 30.4 Å². The highest BCUT2D eigenvalue weighted by molar-refractivity contribution is 5.91. The summed E-state index contributed by atoms with van der Waals surface area (Å²) in [6.45, 7) is 0.510. The van der Waals surface area contributed by atoms with E-state index in [-0.39, 0.29) is 5.69 Å². The molecule has 3 N–H and O–H groups in total. The maximum absolute atomic E-state index is 11.1. The molecule has 1 aliphatic carbocycles. The average molecular weight is 308 g/mol. The maximum Gasteiger partial charge on any atom is 0.267 e. The largest absolute Gasteiger partial charge is 0.364 e. The minimum absolute atomic E-state index is 0.187. The molecule has 0 spiro atoms. The van der Waals surface area contributed by atoms with Gasteiger partial charge in [-0.25, -0.2) is 15.0 Å². The minimum Gasteiger partial charge on any atom is -0.364 e. The molecule has 0 saturated heterocycles. The molecule has 7 nitrogen and oxygen atoms in total. The van der Waals surface area contributed by atoms with Crippen molar-refractivity contribution in [3.8, 4) is 0 Å². The van der Waals surface area contributed by atoms with E-state index in [2.05, 4.69) is 36.9 Å². The molecule has 7 heteroatoms. The SMILES string of the molecule is NC(=O)c1cc(NCc2cn3cc(C4CC4)ccc3n2)ncn1. The van der Waals surface area contributed by atoms with Crippen LogP contribution in [0.4, 0.5) is 5.82 Å². The van der Waals surface area contributed by atoms with Gasteiger partial charge in [-0.2, -0.15) is 0 Å². The third-order valence-electron chi connectivity index (χ3n) is 3.94. The minimum atomic E-state index is -0.573. The zero-order valence-corrected chi connectivity index (χ0v) is 12.4. The molecule has 0 bridgehead atoms. The number of rotatable bonds is 5. The van der Waals surface area contributed by atoms with Crippen LogP contribution in [0.2, 0.25) is 0 Å². The van der Waals surface area contributed by atoms with Crippen LogP contribution in [0.1, 0.15) is 40.5 Å². The summed E-state index contributed by atoms with van der Waals surface area (Å²) in [4.78, 5) is 23.6. The normalized spacial score (nSPS) is 14.1. The van der Waals surface area contributed by atoms with Gasteiger partial charge in [0.05, 0.1) is 12.2 Å². The summed E-state index contributed by atoms with van der Waals surface area (Å²) in [7, 11) is 0. The highest BCUT2D eigenvalue weighted by Gasteiger charge is 2.23. The zero-order valence-electron chi connectivity index (χ0n) is 12.4. The van der Waals surface area contributed by atoms with Gasteiger partial charge in [0.2, 0.25) is 0 Å². The van der Waals surface area contributed by atoms with Gasteiger partial charge in [-0.1, -0.05) is 6.07 Å². The quantitative estimate of drug-likeness (QED) is 0.747. The number of nitrogens with zero attached hydrogens (tertiary/aromatic N) is 4. The third-order valence-corrected chi connectivity index (χ3v) is 3.94. The number of imidazole rings is 1. The first-order valence-electron chi connectivity index (χ1n) is 7.52. The van der Waals surface area contributed by atoms with Crippen LogP contribution in [0.25, 0.3) is 5.65 Å². The molecule has 1 aliphatic rings. The van der Waals surface area contributed by atoms with Gasteiger partial charge in [-0.15, -0.1) is 0 Å². The Labute approximate surface area is 132 Å². The van der Waals surface area contributed by atoms with Crippen LogP contribution in [0, 0.1) is 0 Å². The summed E-state index contributed by atoms with van der Waals surface area (Å²) in [6, 6.07) is 5.73. The van der Waals surface area contributed by atoms with Gasteiger partial charge in [0.15, 0.2) is 0 Å². The van der Waals surface area contributed by atoms with Crippen molar-refractivity contribution in [1.82, 2.24) is 19.4 Å². The average Bonchev–Trinajstić information content (AvgIpc) is 3.32. The molecule has 0 radical (unpaired) electrons. The highest BCUT2D eigenvalue weighted by Crippen LogP contribution is 2.39. The molecule has 23 heavy (non-hydrogen) atoms. The fourth-order valence-electron chi connectivity index (χ4n) is 2.57. The molecule has 0 unspecified atom stereocenters. The number of amides is 1. The van der Waals surface area contributed by atoms with E-state index >= 15 is 0 Å². The fraction of sp³-hybridized carbons (Fsp3) is 0.250. The van der Waals surface area contributed by atoms with Crippen LogP contribution in [-0.2, 0) is 6.54 Å².